The van der Waals surface area contributed by atoms with E-state index in [1.165, 1.54) is 32.6 Å². The number of ether oxygens (including phenoxy) is 1. The van der Waals surface area contributed by atoms with Gasteiger partial charge < -0.3 is 25.2 Å². The maximum absolute atomic E-state index is 5.68. The first-order valence-corrected chi connectivity index (χ1v) is 9.79. The molecule has 0 saturated carbocycles. The van der Waals surface area contributed by atoms with E-state index < -0.39 is 0 Å². The van der Waals surface area contributed by atoms with Gasteiger partial charge in [-0.05, 0) is 52.5 Å². The highest BCUT2D eigenvalue weighted by atomic mass is 127. The Morgan fingerprint density at radius 3 is 2.74 bits per heavy atom. The van der Waals surface area contributed by atoms with Gasteiger partial charge in [-0.15, -0.1) is 24.0 Å². The summed E-state index contributed by atoms with van der Waals surface area (Å²) < 4.78 is 5.68. The molecule has 6 nitrogen and oxygen atoms in total. The van der Waals surface area contributed by atoms with Gasteiger partial charge in [-0.25, -0.2) is 0 Å². The number of nitrogens with zero attached hydrogens (tertiary/aromatic N) is 3. The van der Waals surface area contributed by atoms with Crippen molar-refractivity contribution in [2.24, 2.45) is 4.99 Å². The summed E-state index contributed by atoms with van der Waals surface area (Å²) in [5.74, 6) is 1.77. The van der Waals surface area contributed by atoms with Crippen LogP contribution in [0.2, 0.25) is 0 Å². The second-order valence-electron chi connectivity index (χ2n) is 6.75. The fraction of sp³-hybridized carbons (Fsp3) is 0.650. The molecule has 1 aromatic rings. The van der Waals surface area contributed by atoms with Crippen molar-refractivity contribution in [1.29, 1.82) is 0 Å². The number of aliphatic imine (C=N–C) groups is 1. The average Bonchev–Trinajstić information content (AvgIpc) is 2.87. The van der Waals surface area contributed by atoms with Gasteiger partial charge in [0.15, 0.2) is 5.96 Å². The average molecular weight is 489 g/mol. The summed E-state index contributed by atoms with van der Waals surface area (Å²) in [4.78, 5) is 9.31. The fourth-order valence-electron chi connectivity index (χ4n) is 3.18. The van der Waals surface area contributed by atoms with Crippen molar-refractivity contribution in [2.45, 2.75) is 26.3 Å². The molecule has 154 valence electrons. The molecule has 0 radical (unpaired) electrons. The first-order valence-electron chi connectivity index (χ1n) is 9.79. The number of benzene rings is 1. The Morgan fingerprint density at radius 2 is 1.96 bits per heavy atom. The molecule has 1 aliphatic rings. The number of para-hydroxylation sites is 1. The number of guanidine groups is 1. The van der Waals surface area contributed by atoms with E-state index in [-0.39, 0.29) is 24.0 Å². The topological polar surface area (TPSA) is 52.1 Å². The van der Waals surface area contributed by atoms with Crippen molar-refractivity contribution in [1.82, 2.24) is 20.4 Å². The zero-order chi connectivity index (χ0) is 18.6. The highest BCUT2D eigenvalue weighted by molar-refractivity contribution is 14.0. The van der Waals surface area contributed by atoms with Gasteiger partial charge in [0.2, 0.25) is 0 Å². The van der Waals surface area contributed by atoms with Gasteiger partial charge in [0.25, 0.3) is 0 Å². The van der Waals surface area contributed by atoms with E-state index in [0.29, 0.717) is 13.2 Å². The third kappa shape index (κ3) is 9.12. The molecule has 1 fully saturated rings. The van der Waals surface area contributed by atoms with Crippen LogP contribution in [0.3, 0.4) is 0 Å². The lowest BCUT2D eigenvalue weighted by Crippen LogP contribution is -2.38. The van der Waals surface area contributed by atoms with Gasteiger partial charge in [0.05, 0.1) is 6.61 Å². The summed E-state index contributed by atoms with van der Waals surface area (Å²) in [6.07, 6.45) is 2.40. The molecule has 0 aliphatic carbocycles. The maximum atomic E-state index is 5.68. The van der Waals surface area contributed by atoms with Crippen molar-refractivity contribution in [3.05, 3.63) is 29.8 Å². The van der Waals surface area contributed by atoms with Gasteiger partial charge in [-0.2, -0.15) is 0 Å². The number of halogens is 1. The van der Waals surface area contributed by atoms with Gasteiger partial charge >= 0.3 is 0 Å². The standard InChI is InChI=1S/C20H35N5O.HI/c1-4-26-19-10-6-5-9-18(19)17-23-20(21-2)22-11-7-13-25-14-8-12-24(3)15-16-25;/h5-6,9-10H,4,7-8,11-17H2,1-3H3,(H2,21,22,23);1H. The summed E-state index contributed by atoms with van der Waals surface area (Å²) >= 11 is 0. The first-order chi connectivity index (χ1) is 12.7. The number of hydrogen-bond donors (Lipinski definition) is 2. The zero-order valence-corrected chi connectivity index (χ0v) is 19.4. The minimum Gasteiger partial charge on any atom is -0.494 e. The Bertz CT molecular complexity index is 555. The van der Waals surface area contributed by atoms with Crippen LogP contribution in [0.15, 0.2) is 29.3 Å². The molecule has 1 heterocycles. The molecule has 2 rings (SSSR count). The Hall–Kier alpha value is -1.06. The van der Waals surface area contributed by atoms with Crippen LogP contribution in [-0.2, 0) is 6.54 Å². The highest BCUT2D eigenvalue weighted by Gasteiger charge is 2.11. The molecule has 27 heavy (non-hydrogen) atoms. The van der Waals surface area contributed by atoms with Crippen LogP contribution in [0, 0.1) is 0 Å². The Labute approximate surface area is 181 Å². The monoisotopic (exact) mass is 489 g/mol. The SMILES string of the molecule is CCOc1ccccc1CNC(=NC)NCCCN1CCCN(C)CC1.I. The number of nitrogens with one attached hydrogen (secondary N) is 2. The van der Waals surface area contributed by atoms with Crippen LogP contribution in [0.25, 0.3) is 0 Å². The molecule has 1 saturated heterocycles. The molecular formula is C20H36IN5O. The van der Waals surface area contributed by atoms with Crippen LogP contribution in [-0.4, -0.2) is 75.7 Å². The maximum Gasteiger partial charge on any atom is 0.191 e. The molecule has 7 heteroatoms. The summed E-state index contributed by atoms with van der Waals surface area (Å²) in [5.41, 5.74) is 1.14. The molecule has 2 N–H and O–H groups in total. The van der Waals surface area contributed by atoms with Gasteiger partial charge in [-0.3, -0.25) is 4.99 Å². The molecular weight excluding hydrogens is 453 g/mol. The number of hydrogen-bond acceptors (Lipinski definition) is 4. The van der Waals surface area contributed by atoms with E-state index in [0.717, 1.165) is 36.8 Å². The fourth-order valence-corrected chi connectivity index (χ4v) is 3.18. The smallest absolute Gasteiger partial charge is 0.191 e. The van der Waals surface area contributed by atoms with E-state index in [9.17, 15) is 0 Å². The summed E-state index contributed by atoms with van der Waals surface area (Å²) in [7, 11) is 4.03. The van der Waals surface area contributed by atoms with Crippen LogP contribution < -0.4 is 15.4 Å². The highest BCUT2D eigenvalue weighted by Crippen LogP contribution is 2.17. The summed E-state index contributed by atoms with van der Waals surface area (Å²) in [5, 5.41) is 6.79. The largest absolute Gasteiger partial charge is 0.494 e. The summed E-state index contributed by atoms with van der Waals surface area (Å²) in [6, 6.07) is 8.13. The molecule has 1 aromatic carbocycles. The van der Waals surface area contributed by atoms with Crippen molar-refractivity contribution >= 4 is 29.9 Å². The van der Waals surface area contributed by atoms with E-state index in [4.69, 9.17) is 4.74 Å². The Balaban J connectivity index is 0.00000364. The zero-order valence-electron chi connectivity index (χ0n) is 17.0. The van der Waals surface area contributed by atoms with E-state index in [2.05, 4.69) is 38.5 Å². The van der Waals surface area contributed by atoms with Crippen molar-refractivity contribution in [2.75, 3.05) is 60.0 Å². The Morgan fingerprint density at radius 1 is 1.15 bits per heavy atom. The minimum absolute atomic E-state index is 0. The third-order valence-corrected chi connectivity index (χ3v) is 4.70. The Kier molecular flexibility index (Phi) is 12.4. The molecule has 1 aliphatic heterocycles. The van der Waals surface area contributed by atoms with Crippen LogP contribution >= 0.6 is 24.0 Å². The molecule has 0 aromatic heterocycles. The quantitative estimate of drug-likeness (QED) is 0.254. The minimum atomic E-state index is 0. The van der Waals surface area contributed by atoms with Crippen LogP contribution in [0.5, 0.6) is 5.75 Å². The van der Waals surface area contributed by atoms with Crippen molar-refractivity contribution < 1.29 is 4.74 Å². The van der Waals surface area contributed by atoms with E-state index in [1.807, 2.05) is 32.2 Å². The van der Waals surface area contributed by atoms with Crippen molar-refractivity contribution in [3.8, 4) is 5.75 Å². The number of likely N-dealkylation sites (N-methyl/N-ethyl adjacent to an activating group) is 1. The summed E-state index contributed by atoms with van der Waals surface area (Å²) in [6.45, 7) is 10.2. The van der Waals surface area contributed by atoms with Crippen LogP contribution in [0.1, 0.15) is 25.3 Å². The lowest BCUT2D eigenvalue weighted by Gasteiger charge is -2.20. The lowest BCUT2D eigenvalue weighted by molar-refractivity contribution is 0.274. The molecule has 0 bridgehead atoms. The second kappa shape index (κ2) is 14.0. The molecule has 0 atom stereocenters. The van der Waals surface area contributed by atoms with Gasteiger partial charge in [0, 0.05) is 38.8 Å². The predicted octanol–water partition coefficient (Wildman–Crippen LogP) is 2.40. The van der Waals surface area contributed by atoms with Gasteiger partial charge in [-0.1, -0.05) is 18.2 Å². The first kappa shape index (κ1) is 24.0. The number of rotatable bonds is 8. The molecule has 0 unspecified atom stereocenters. The van der Waals surface area contributed by atoms with Gasteiger partial charge in [0.1, 0.15) is 5.75 Å². The second-order valence-corrected chi connectivity index (χ2v) is 6.75. The lowest BCUT2D eigenvalue weighted by atomic mass is 10.2. The predicted molar refractivity (Wildman–Crippen MR) is 124 cm³/mol. The van der Waals surface area contributed by atoms with E-state index in [1.54, 1.807) is 0 Å². The van der Waals surface area contributed by atoms with Crippen molar-refractivity contribution in [3.63, 3.8) is 0 Å². The third-order valence-electron chi connectivity index (χ3n) is 4.70. The molecule has 0 spiro atoms. The normalized spacial score (nSPS) is 16.3. The van der Waals surface area contributed by atoms with E-state index >= 15 is 0 Å². The van der Waals surface area contributed by atoms with Crippen LogP contribution in [0.4, 0.5) is 0 Å². The molecule has 0 amide bonds.